The summed E-state index contributed by atoms with van der Waals surface area (Å²) in [5, 5.41) is 3.11. The summed E-state index contributed by atoms with van der Waals surface area (Å²) < 4.78 is 27.3. The van der Waals surface area contributed by atoms with Crippen LogP contribution < -0.4 is 9.62 Å². The fourth-order valence-corrected chi connectivity index (χ4v) is 5.62. The van der Waals surface area contributed by atoms with Crippen molar-refractivity contribution in [2.75, 3.05) is 23.7 Å². The van der Waals surface area contributed by atoms with Gasteiger partial charge in [0.15, 0.2) is 0 Å². The molecule has 1 saturated carbocycles. The minimum absolute atomic E-state index is 0.123. The highest BCUT2D eigenvalue weighted by Gasteiger charge is 2.31. The van der Waals surface area contributed by atoms with Crippen LogP contribution in [0.25, 0.3) is 0 Å². The van der Waals surface area contributed by atoms with Crippen molar-refractivity contribution in [3.8, 4) is 0 Å². The lowest BCUT2D eigenvalue weighted by Crippen LogP contribution is -2.53. The molecule has 7 nitrogen and oxygen atoms in total. The summed E-state index contributed by atoms with van der Waals surface area (Å²) in [6.45, 7) is 3.50. The number of carbonyl (C=O) groups is 2. The Morgan fingerprint density at radius 3 is 2.36 bits per heavy atom. The first-order valence-electron chi connectivity index (χ1n) is 12.4. The summed E-state index contributed by atoms with van der Waals surface area (Å²) in [5.41, 5.74) is 2.31. The molecular formula is C27H36BrN3O4S. The number of nitrogens with one attached hydrogen (secondary N) is 1. The predicted octanol–water partition coefficient (Wildman–Crippen LogP) is 4.43. The molecule has 36 heavy (non-hydrogen) atoms. The van der Waals surface area contributed by atoms with E-state index in [9.17, 15) is 18.0 Å². The van der Waals surface area contributed by atoms with Gasteiger partial charge in [-0.15, -0.1) is 0 Å². The van der Waals surface area contributed by atoms with Crippen molar-refractivity contribution in [2.24, 2.45) is 0 Å². The highest BCUT2D eigenvalue weighted by Crippen LogP contribution is 2.25. The molecule has 1 unspecified atom stereocenters. The smallest absolute Gasteiger partial charge is 0.244 e. The van der Waals surface area contributed by atoms with Crippen molar-refractivity contribution >= 4 is 43.5 Å². The molecular weight excluding hydrogens is 542 g/mol. The molecule has 1 aliphatic rings. The monoisotopic (exact) mass is 577 g/mol. The fraction of sp³-hybridized carbons (Fsp3) is 0.481. The van der Waals surface area contributed by atoms with Gasteiger partial charge in [-0.1, -0.05) is 65.5 Å². The van der Waals surface area contributed by atoms with Gasteiger partial charge in [0.05, 0.1) is 11.9 Å². The first-order chi connectivity index (χ1) is 17.1. The average Bonchev–Trinajstić information content (AvgIpc) is 2.85. The van der Waals surface area contributed by atoms with Crippen LogP contribution in [0.1, 0.15) is 50.2 Å². The molecule has 0 spiro atoms. The molecule has 0 heterocycles. The molecule has 0 aromatic heterocycles. The maximum atomic E-state index is 13.6. The van der Waals surface area contributed by atoms with Crippen LogP contribution in [0.4, 0.5) is 5.69 Å². The zero-order valence-corrected chi connectivity index (χ0v) is 23.6. The Hall–Kier alpha value is -2.39. The van der Waals surface area contributed by atoms with Gasteiger partial charge in [0.1, 0.15) is 12.6 Å². The Labute approximate surface area is 223 Å². The lowest BCUT2D eigenvalue weighted by atomic mass is 9.95. The predicted molar refractivity (Wildman–Crippen MR) is 147 cm³/mol. The quantitative estimate of drug-likeness (QED) is 0.452. The number of sulfonamides is 1. The number of anilines is 1. The van der Waals surface area contributed by atoms with Gasteiger partial charge in [-0.05, 0) is 62.4 Å². The third-order valence-electron chi connectivity index (χ3n) is 6.71. The summed E-state index contributed by atoms with van der Waals surface area (Å²) in [7, 11) is -3.74. The van der Waals surface area contributed by atoms with Crippen molar-refractivity contribution in [3.63, 3.8) is 0 Å². The number of halogens is 1. The minimum Gasteiger partial charge on any atom is -0.352 e. The number of hydrogen-bond acceptors (Lipinski definition) is 4. The van der Waals surface area contributed by atoms with E-state index in [-0.39, 0.29) is 18.5 Å². The number of benzene rings is 2. The number of nitrogens with zero attached hydrogens (tertiary/aromatic N) is 2. The zero-order chi connectivity index (χ0) is 26.3. The second-order valence-electron chi connectivity index (χ2n) is 9.55. The SMILES string of the molecule is Cc1cc(N(CC(=O)N(CCc2ccccc2)C(C)C(=O)NC2CCCCC2)S(C)(=O)=O)ccc1Br. The van der Waals surface area contributed by atoms with Crippen LogP contribution in [-0.4, -0.2) is 56.6 Å². The van der Waals surface area contributed by atoms with Crippen molar-refractivity contribution in [2.45, 2.75) is 64.5 Å². The largest absolute Gasteiger partial charge is 0.352 e. The highest BCUT2D eigenvalue weighted by molar-refractivity contribution is 9.10. The van der Waals surface area contributed by atoms with Crippen LogP contribution in [-0.2, 0) is 26.0 Å². The van der Waals surface area contributed by atoms with Crippen molar-refractivity contribution in [1.82, 2.24) is 10.2 Å². The maximum absolute atomic E-state index is 13.6. The molecule has 1 fully saturated rings. The zero-order valence-electron chi connectivity index (χ0n) is 21.2. The fourth-order valence-electron chi connectivity index (χ4n) is 4.54. The van der Waals surface area contributed by atoms with E-state index < -0.39 is 22.0 Å². The number of amides is 2. The number of carbonyl (C=O) groups excluding carboxylic acids is 2. The number of hydrogen-bond donors (Lipinski definition) is 1. The van der Waals surface area contributed by atoms with E-state index in [4.69, 9.17) is 0 Å². The number of rotatable bonds is 10. The molecule has 1 aliphatic carbocycles. The summed E-state index contributed by atoms with van der Waals surface area (Å²) >= 11 is 3.43. The van der Waals surface area contributed by atoms with E-state index in [0.29, 0.717) is 18.7 Å². The van der Waals surface area contributed by atoms with Gasteiger partial charge in [0.2, 0.25) is 21.8 Å². The highest BCUT2D eigenvalue weighted by atomic mass is 79.9. The van der Waals surface area contributed by atoms with Crippen molar-refractivity contribution in [3.05, 3.63) is 64.1 Å². The molecule has 196 valence electrons. The molecule has 9 heteroatoms. The Bertz CT molecular complexity index is 1150. The van der Waals surface area contributed by atoms with Gasteiger partial charge in [0.25, 0.3) is 0 Å². The van der Waals surface area contributed by atoms with Crippen LogP contribution in [0.15, 0.2) is 53.0 Å². The first-order valence-corrected chi connectivity index (χ1v) is 15.1. The van der Waals surface area contributed by atoms with E-state index in [0.717, 1.165) is 51.8 Å². The standard InChI is InChI=1S/C27H36BrN3O4S/c1-20-18-24(14-15-25(20)28)31(36(3,34)35)19-26(32)30(17-16-22-10-6-4-7-11-22)21(2)27(33)29-23-12-8-5-9-13-23/h4,6-7,10-11,14-15,18,21,23H,5,8-9,12-13,16-17,19H2,1-3H3,(H,29,33). The molecule has 0 bridgehead atoms. The van der Waals surface area contributed by atoms with E-state index in [1.807, 2.05) is 37.3 Å². The molecule has 0 radical (unpaired) electrons. The van der Waals surface area contributed by atoms with Crippen LogP contribution in [0.5, 0.6) is 0 Å². The van der Waals surface area contributed by atoms with Crippen molar-refractivity contribution in [1.29, 1.82) is 0 Å². The second kappa shape index (κ2) is 12.7. The average molecular weight is 579 g/mol. The lowest BCUT2D eigenvalue weighted by molar-refractivity contribution is -0.139. The van der Waals surface area contributed by atoms with Gasteiger partial charge >= 0.3 is 0 Å². The van der Waals surface area contributed by atoms with Crippen LogP contribution in [0.2, 0.25) is 0 Å². The molecule has 2 amide bonds. The van der Waals surface area contributed by atoms with Gasteiger partial charge in [-0.25, -0.2) is 8.42 Å². The molecule has 2 aromatic carbocycles. The molecule has 0 aliphatic heterocycles. The summed E-state index contributed by atoms with van der Waals surface area (Å²) in [6, 6.07) is 14.3. The Kier molecular flexibility index (Phi) is 9.96. The normalized spacial score (nSPS) is 15.2. The Morgan fingerprint density at radius 1 is 1.08 bits per heavy atom. The van der Waals surface area contributed by atoms with Gasteiger partial charge in [0, 0.05) is 17.1 Å². The summed E-state index contributed by atoms with van der Waals surface area (Å²) in [5.74, 6) is -0.614. The van der Waals surface area contributed by atoms with Crippen LogP contribution in [0, 0.1) is 6.92 Å². The molecule has 3 rings (SSSR count). The minimum atomic E-state index is -3.74. The topological polar surface area (TPSA) is 86.8 Å². The Balaban J connectivity index is 1.82. The van der Waals surface area contributed by atoms with Crippen LogP contribution in [0.3, 0.4) is 0 Å². The van der Waals surface area contributed by atoms with Crippen molar-refractivity contribution < 1.29 is 18.0 Å². The second-order valence-corrected chi connectivity index (χ2v) is 12.3. The first kappa shape index (κ1) is 28.2. The van der Waals surface area contributed by atoms with E-state index >= 15 is 0 Å². The third kappa shape index (κ3) is 7.80. The van der Waals surface area contributed by atoms with Gasteiger partial charge < -0.3 is 10.2 Å². The summed E-state index contributed by atoms with van der Waals surface area (Å²) in [6.07, 6.45) is 6.90. The van der Waals surface area contributed by atoms with E-state index in [1.54, 1.807) is 25.1 Å². The maximum Gasteiger partial charge on any atom is 0.244 e. The molecule has 2 aromatic rings. The summed E-state index contributed by atoms with van der Waals surface area (Å²) in [4.78, 5) is 28.3. The molecule has 1 atom stereocenters. The lowest BCUT2D eigenvalue weighted by Gasteiger charge is -2.33. The molecule has 1 N–H and O–H groups in total. The van der Waals surface area contributed by atoms with E-state index in [1.165, 1.54) is 11.3 Å². The van der Waals surface area contributed by atoms with Gasteiger partial charge in [-0.2, -0.15) is 0 Å². The van der Waals surface area contributed by atoms with Crippen LogP contribution >= 0.6 is 15.9 Å². The van der Waals surface area contributed by atoms with Gasteiger partial charge in [-0.3, -0.25) is 13.9 Å². The Morgan fingerprint density at radius 2 is 1.75 bits per heavy atom. The molecule has 0 saturated heterocycles. The van der Waals surface area contributed by atoms with E-state index in [2.05, 4.69) is 21.2 Å². The number of aryl methyl sites for hydroxylation is 1. The third-order valence-corrected chi connectivity index (χ3v) is 8.74.